The molecule has 1 heterocycles. The van der Waals surface area contributed by atoms with E-state index in [4.69, 9.17) is 0 Å². The van der Waals surface area contributed by atoms with Crippen LogP contribution >= 0.6 is 0 Å². The van der Waals surface area contributed by atoms with Crippen LogP contribution in [-0.4, -0.2) is 55.0 Å². The summed E-state index contributed by atoms with van der Waals surface area (Å²) in [7, 11) is 0. The van der Waals surface area contributed by atoms with Gasteiger partial charge < -0.3 is 10.6 Å². The molecule has 0 spiro atoms. The number of carbonyl (C=O) groups is 3. The predicted octanol–water partition coefficient (Wildman–Crippen LogP) is 0.727. The molecular weight excluding hydrogens is 308 g/mol. The van der Waals surface area contributed by atoms with E-state index in [9.17, 15) is 14.4 Å². The molecule has 130 valence electrons. The third-order valence-electron chi connectivity index (χ3n) is 3.92. The van der Waals surface area contributed by atoms with E-state index < -0.39 is 6.03 Å². The molecular formula is C17H24N4O3. The van der Waals surface area contributed by atoms with Crippen molar-refractivity contribution in [2.45, 2.75) is 25.8 Å². The number of amides is 4. The zero-order valence-electron chi connectivity index (χ0n) is 13.9. The number of hydrogen-bond acceptors (Lipinski definition) is 4. The van der Waals surface area contributed by atoms with E-state index in [2.05, 4.69) is 16.0 Å². The molecule has 3 N–H and O–H groups in total. The first-order valence-electron chi connectivity index (χ1n) is 8.24. The van der Waals surface area contributed by atoms with Crippen molar-refractivity contribution in [3.05, 3.63) is 35.9 Å². The number of hydrogen-bond donors (Lipinski definition) is 3. The van der Waals surface area contributed by atoms with E-state index in [1.165, 1.54) is 0 Å². The molecule has 1 aliphatic heterocycles. The average Bonchev–Trinajstić information content (AvgIpc) is 2.57. The van der Waals surface area contributed by atoms with Crippen molar-refractivity contribution in [1.82, 2.24) is 20.9 Å². The van der Waals surface area contributed by atoms with Gasteiger partial charge in [0, 0.05) is 31.2 Å². The van der Waals surface area contributed by atoms with Gasteiger partial charge in [-0.15, -0.1) is 0 Å². The number of urea groups is 1. The quantitative estimate of drug-likeness (QED) is 0.741. The van der Waals surface area contributed by atoms with Crippen molar-refractivity contribution in [2.24, 2.45) is 0 Å². The van der Waals surface area contributed by atoms with Crippen LogP contribution < -0.4 is 16.0 Å². The maximum Gasteiger partial charge on any atom is 0.321 e. The van der Waals surface area contributed by atoms with Crippen LogP contribution in [0.3, 0.4) is 0 Å². The van der Waals surface area contributed by atoms with E-state index in [0.29, 0.717) is 25.2 Å². The Labute approximate surface area is 141 Å². The molecule has 24 heavy (non-hydrogen) atoms. The van der Waals surface area contributed by atoms with Crippen LogP contribution in [0.4, 0.5) is 4.79 Å². The van der Waals surface area contributed by atoms with Crippen molar-refractivity contribution in [3.8, 4) is 0 Å². The number of carbonyl (C=O) groups excluding carboxylic acids is 3. The highest BCUT2D eigenvalue weighted by atomic mass is 16.2. The molecule has 0 aliphatic carbocycles. The van der Waals surface area contributed by atoms with Crippen LogP contribution in [0.1, 0.15) is 30.1 Å². The van der Waals surface area contributed by atoms with Crippen LogP contribution in [0, 0.1) is 0 Å². The second-order valence-electron chi connectivity index (χ2n) is 5.80. The third kappa shape index (κ3) is 5.66. The summed E-state index contributed by atoms with van der Waals surface area (Å²) in [5.74, 6) is -0.379. The summed E-state index contributed by atoms with van der Waals surface area (Å²) in [5.41, 5.74) is 0.654. The average molecular weight is 332 g/mol. The summed E-state index contributed by atoms with van der Waals surface area (Å²) in [5, 5.41) is 7.84. The number of nitrogens with one attached hydrogen (secondary N) is 3. The Balaban J connectivity index is 1.70. The minimum absolute atomic E-state index is 0.0666. The topological polar surface area (TPSA) is 90.5 Å². The van der Waals surface area contributed by atoms with Gasteiger partial charge in [-0.3, -0.25) is 19.8 Å². The fourth-order valence-corrected chi connectivity index (χ4v) is 2.67. The monoisotopic (exact) mass is 332 g/mol. The lowest BCUT2D eigenvalue weighted by Crippen LogP contribution is -2.49. The Morgan fingerprint density at radius 2 is 1.79 bits per heavy atom. The second kappa shape index (κ2) is 9.02. The number of nitrogens with zero attached hydrogens (tertiary/aromatic N) is 1. The molecule has 0 bridgehead atoms. The summed E-state index contributed by atoms with van der Waals surface area (Å²) in [6.45, 7) is 3.88. The van der Waals surface area contributed by atoms with Gasteiger partial charge in [-0.25, -0.2) is 4.79 Å². The normalized spacial score (nSPS) is 15.5. The van der Waals surface area contributed by atoms with Gasteiger partial charge >= 0.3 is 6.03 Å². The van der Waals surface area contributed by atoms with Gasteiger partial charge in [0.1, 0.15) is 0 Å². The van der Waals surface area contributed by atoms with Crippen molar-refractivity contribution in [2.75, 3.05) is 26.2 Å². The SMILES string of the molecule is CCNC(=O)NC(=O)CN1CCC(NC(=O)c2ccccc2)CC1. The molecule has 0 radical (unpaired) electrons. The maximum atomic E-state index is 12.1. The maximum absolute atomic E-state index is 12.1. The number of likely N-dealkylation sites (tertiary alicyclic amines) is 1. The molecule has 1 saturated heterocycles. The van der Waals surface area contributed by atoms with Crippen LogP contribution in [0.25, 0.3) is 0 Å². The molecule has 0 atom stereocenters. The van der Waals surface area contributed by atoms with Crippen molar-refractivity contribution in [3.63, 3.8) is 0 Å². The lowest BCUT2D eigenvalue weighted by Gasteiger charge is -2.31. The van der Waals surface area contributed by atoms with Gasteiger partial charge in [-0.05, 0) is 31.9 Å². The molecule has 4 amide bonds. The number of benzene rings is 1. The highest BCUT2D eigenvalue weighted by Crippen LogP contribution is 2.11. The van der Waals surface area contributed by atoms with E-state index in [1.807, 2.05) is 23.1 Å². The number of piperidine rings is 1. The van der Waals surface area contributed by atoms with Crippen molar-refractivity contribution < 1.29 is 14.4 Å². The van der Waals surface area contributed by atoms with E-state index in [0.717, 1.165) is 12.8 Å². The van der Waals surface area contributed by atoms with Gasteiger partial charge in [-0.1, -0.05) is 18.2 Å². The summed E-state index contributed by atoms with van der Waals surface area (Å²) >= 11 is 0. The van der Waals surface area contributed by atoms with E-state index in [-0.39, 0.29) is 24.4 Å². The fraction of sp³-hybridized carbons (Fsp3) is 0.471. The first-order chi connectivity index (χ1) is 11.6. The van der Waals surface area contributed by atoms with E-state index >= 15 is 0 Å². The summed E-state index contributed by atoms with van der Waals surface area (Å²) in [6.07, 6.45) is 1.57. The van der Waals surface area contributed by atoms with E-state index in [1.54, 1.807) is 19.1 Å². The molecule has 0 saturated carbocycles. The van der Waals surface area contributed by atoms with Crippen LogP contribution in [0.15, 0.2) is 30.3 Å². The molecule has 2 rings (SSSR count). The summed E-state index contributed by atoms with van der Waals surface area (Å²) in [6, 6.07) is 8.77. The van der Waals surface area contributed by atoms with Crippen LogP contribution in [0.2, 0.25) is 0 Å². The largest absolute Gasteiger partial charge is 0.349 e. The molecule has 7 nitrogen and oxygen atoms in total. The zero-order chi connectivity index (χ0) is 17.4. The molecule has 0 aromatic heterocycles. The molecule has 7 heteroatoms. The first kappa shape index (κ1) is 17.9. The zero-order valence-corrected chi connectivity index (χ0v) is 13.9. The number of imide groups is 1. The predicted molar refractivity (Wildman–Crippen MR) is 90.6 cm³/mol. The van der Waals surface area contributed by atoms with Gasteiger partial charge in [0.15, 0.2) is 0 Å². The molecule has 1 aliphatic rings. The first-order valence-corrected chi connectivity index (χ1v) is 8.24. The van der Waals surface area contributed by atoms with Gasteiger partial charge in [-0.2, -0.15) is 0 Å². The van der Waals surface area contributed by atoms with Gasteiger partial charge in [0.2, 0.25) is 5.91 Å². The highest BCUT2D eigenvalue weighted by molar-refractivity contribution is 5.95. The second-order valence-corrected chi connectivity index (χ2v) is 5.80. The fourth-order valence-electron chi connectivity index (χ4n) is 2.67. The Kier molecular flexibility index (Phi) is 6.74. The molecule has 0 unspecified atom stereocenters. The molecule has 1 aromatic carbocycles. The van der Waals surface area contributed by atoms with Crippen molar-refractivity contribution in [1.29, 1.82) is 0 Å². The number of rotatable bonds is 5. The molecule has 1 aromatic rings. The minimum atomic E-state index is -0.465. The Morgan fingerprint density at radius 3 is 2.42 bits per heavy atom. The van der Waals surface area contributed by atoms with Crippen molar-refractivity contribution >= 4 is 17.8 Å². The minimum Gasteiger partial charge on any atom is -0.349 e. The standard InChI is InChI=1S/C17H24N4O3/c1-2-18-17(24)20-15(22)12-21-10-8-14(9-11-21)19-16(23)13-6-4-3-5-7-13/h3-7,14H,2,8-12H2,1H3,(H,19,23)(H2,18,20,22,24). The molecule has 1 fully saturated rings. The third-order valence-corrected chi connectivity index (χ3v) is 3.92. The van der Waals surface area contributed by atoms with Gasteiger partial charge in [0.05, 0.1) is 6.54 Å². The summed E-state index contributed by atoms with van der Waals surface area (Å²) < 4.78 is 0. The Morgan fingerprint density at radius 1 is 1.12 bits per heavy atom. The lowest BCUT2D eigenvalue weighted by atomic mass is 10.0. The van der Waals surface area contributed by atoms with Crippen LogP contribution in [0.5, 0.6) is 0 Å². The Bertz CT molecular complexity index is 568. The Hall–Kier alpha value is -2.41. The smallest absolute Gasteiger partial charge is 0.321 e. The van der Waals surface area contributed by atoms with Gasteiger partial charge in [0.25, 0.3) is 5.91 Å². The lowest BCUT2D eigenvalue weighted by molar-refractivity contribution is -0.121. The summed E-state index contributed by atoms with van der Waals surface area (Å²) in [4.78, 5) is 37.2. The highest BCUT2D eigenvalue weighted by Gasteiger charge is 2.22. The van der Waals surface area contributed by atoms with Crippen LogP contribution in [-0.2, 0) is 4.79 Å².